The summed E-state index contributed by atoms with van der Waals surface area (Å²) in [7, 11) is 0. The first-order valence-electron chi connectivity index (χ1n) is 8.23. The summed E-state index contributed by atoms with van der Waals surface area (Å²) in [5, 5.41) is 3.43. The van der Waals surface area contributed by atoms with Gasteiger partial charge >= 0.3 is 0 Å². The van der Waals surface area contributed by atoms with Crippen LogP contribution in [-0.2, 0) is 4.79 Å². The lowest BCUT2D eigenvalue weighted by Gasteiger charge is -2.34. The van der Waals surface area contributed by atoms with Crippen LogP contribution in [0.1, 0.15) is 44.9 Å². The SMILES string of the molecule is O=C1CC2(CCNCC2)CN1CC1CC2CCC1C2. The van der Waals surface area contributed by atoms with Gasteiger partial charge < -0.3 is 10.2 Å². The average Bonchev–Trinajstić information content (AvgIpc) is 3.07. The molecule has 0 radical (unpaired) electrons. The standard InChI is InChI=1S/C16H26N2O/c19-15-9-16(3-5-17-6-4-16)11-18(15)10-14-8-12-1-2-13(14)7-12/h12-14,17H,1-11H2. The third-order valence-electron chi connectivity index (χ3n) is 6.41. The Bertz CT molecular complexity index is 375. The van der Waals surface area contributed by atoms with Crippen LogP contribution in [0.15, 0.2) is 0 Å². The van der Waals surface area contributed by atoms with Crippen molar-refractivity contribution in [3.05, 3.63) is 0 Å². The minimum absolute atomic E-state index is 0.333. The molecule has 4 aliphatic rings. The second kappa shape index (κ2) is 4.47. The van der Waals surface area contributed by atoms with Gasteiger partial charge in [-0.15, -0.1) is 0 Å². The predicted molar refractivity (Wildman–Crippen MR) is 74.7 cm³/mol. The van der Waals surface area contributed by atoms with Crippen molar-refractivity contribution in [2.45, 2.75) is 44.9 Å². The Morgan fingerprint density at radius 2 is 2.05 bits per heavy atom. The predicted octanol–water partition coefficient (Wildman–Crippen LogP) is 2.02. The van der Waals surface area contributed by atoms with Gasteiger partial charge in [0.15, 0.2) is 0 Å². The summed E-state index contributed by atoms with van der Waals surface area (Å²) in [6.45, 7) is 4.35. The van der Waals surface area contributed by atoms with Gasteiger partial charge in [0.25, 0.3) is 0 Å². The van der Waals surface area contributed by atoms with Crippen LogP contribution >= 0.6 is 0 Å². The summed E-state index contributed by atoms with van der Waals surface area (Å²) in [6, 6.07) is 0. The molecular formula is C16H26N2O. The normalized spacial score (nSPS) is 40.5. The number of carbonyl (C=O) groups excluding carboxylic acids is 1. The second-order valence-corrected chi connectivity index (χ2v) is 7.64. The number of nitrogens with one attached hydrogen (secondary N) is 1. The van der Waals surface area contributed by atoms with E-state index in [0.717, 1.165) is 50.4 Å². The summed E-state index contributed by atoms with van der Waals surface area (Å²) in [4.78, 5) is 14.6. The first-order chi connectivity index (χ1) is 9.24. The summed E-state index contributed by atoms with van der Waals surface area (Å²) in [5.74, 6) is 3.23. The van der Waals surface area contributed by atoms with Crippen LogP contribution in [0.4, 0.5) is 0 Å². The van der Waals surface area contributed by atoms with Gasteiger partial charge in [0.2, 0.25) is 5.91 Å². The second-order valence-electron chi connectivity index (χ2n) is 7.64. The van der Waals surface area contributed by atoms with Crippen molar-refractivity contribution in [2.75, 3.05) is 26.2 Å². The first kappa shape index (κ1) is 12.2. The summed E-state index contributed by atoms with van der Waals surface area (Å²) in [5.41, 5.74) is 0.333. The van der Waals surface area contributed by atoms with Crippen LogP contribution in [0.5, 0.6) is 0 Å². The van der Waals surface area contributed by atoms with E-state index in [1.165, 1.54) is 38.5 Å². The largest absolute Gasteiger partial charge is 0.342 e. The maximum Gasteiger partial charge on any atom is 0.223 e. The van der Waals surface area contributed by atoms with E-state index in [1.807, 2.05) is 0 Å². The van der Waals surface area contributed by atoms with Gasteiger partial charge in [0.05, 0.1) is 0 Å². The van der Waals surface area contributed by atoms with Crippen molar-refractivity contribution < 1.29 is 4.79 Å². The number of hydrogen-bond acceptors (Lipinski definition) is 2. The maximum atomic E-state index is 12.3. The molecule has 3 nitrogen and oxygen atoms in total. The summed E-state index contributed by atoms with van der Waals surface area (Å²) < 4.78 is 0. The molecule has 2 saturated carbocycles. The third-order valence-corrected chi connectivity index (χ3v) is 6.41. The van der Waals surface area contributed by atoms with Crippen molar-refractivity contribution in [1.82, 2.24) is 10.2 Å². The van der Waals surface area contributed by atoms with Gasteiger partial charge in [-0.25, -0.2) is 0 Å². The van der Waals surface area contributed by atoms with E-state index in [9.17, 15) is 4.79 Å². The molecule has 1 N–H and O–H groups in total. The molecule has 3 unspecified atom stereocenters. The number of piperidine rings is 1. The van der Waals surface area contributed by atoms with E-state index < -0.39 is 0 Å². The molecule has 106 valence electrons. The van der Waals surface area contributed by atoms with Crippen molar-refractivity contribution in [3.63, 3.8) is 0 Å². The smallest absolute Gasteiger partial charge is 0.223 e. The number of likely N-dealkylation sites (tertiary alicyclic amines) is 1. The fourth-order valence-corrected chi connectivity index (χ4v) is 5.32. The van der Waals surface area contributed by atoms with E-state index in [1.54, 1.807) is 0 Å². The minimum atomic E-state index is 0.333. The zero-order valence-corrected chi connectivity index (χ0v) is 11.9. The van der Waals surface area contributed by atoms with Crippen molar-refractivity contribution >= 4 is 5.91 Å². The maximum absolute atomic E-state index is 12.3. The monoisotopic (exact) mass is 262 g/mol. The molecule has 19 heavy (non-hydrogen) atoms. The average molecular weight is 262 g/mol. The van der Waals surface area contributed by atoms with Gasteiger partial charge in [0, 0.05) is 19.5 Å². The van der Waals surface area contributed by atoms with E-state index in [0.29, 0.717) is 11.3 Å². The highest BCUT2D eigenvalue weighted by atomic mass is 16.2. The van der Waals surface area contributed by atoms with Crippen LogP contribution in [0.2, 0.25) is 0 Å². The van der Waals surface area contributed by atoms with Crippen molar-refractivity contribution in [3.8, 4) is 0 Å². The number of rotatable bonds is 2. The van der Waals surface area contributed by atoms with E-state index in [2.05, 4.69) is 10.2 Å². The van der Waals surface area contributed by atoms with Crippen LogP contribution in [0, 0.1) is 23.2 Å². The number of nitrogens with zero attached hydrogens (tertiary/aromatic N) is 1. The van der Waals surface area contributed by atoms with E-state index in [-0.39, 0.29) is 0 Å². The zero-order chi connectivity index (χ0) is 12.9. The molecule has 3 heteroatoms. The van der Waals surface area contributed by atoms with Crippen LogP contribution < -0.4 is 5.32 Å². The van der Waals surface area contributed by atoms with Gasteiger partial charge in [-0.2, -0.15) is 0 Å². The highest BCUT2D eigenvalue weighted by Gasteiger charge is 2.46. The molecule has 4 fully saturated rings. The molecule has 0 aromatic carbocycles. The molecule has 2 heterocycles. The van der Waals surface area contributed by atoms with Gasteiger partial charge in [0.1, 0.15) is 0 Å². The van der Waals surface area contributed by atoms with Gasteiger partial charge in [-0.05, 0) is 68.4 Å². The number of amides is 1. The lowest BCUT2D eigenvalue weighted by molar-refractivity contribution is -0.128. The van der Waals surface area contributed by atoms with Crippen LogP contribution in [0.25, 0.3) is 0 Å². The molecule has 2 bridgehead atoms. The highest BCUT2D eigenvalue weighted by molar-refractivity contribution is 5.79. The van der Waals surface area contributed by atoms with Gasteiger partial charge in [-0.3, -0.25) is 4.79 Å². The quantitative estimate of drug-likeness (QED) is 0.826. The van der Waals surface area contributed by atoms with E-state index in [4.69, 9.17) is 0 Å². The molecule has 2 saturated heterocycles. The molecule has 2 aliphatic carbocycles. The minimum Gasteiger partial charge on any atom is -0.342 e. The topological polar surface area (TPSA) is 32.3 Å². The molecule has 1 spiro atoms. The fourth-order valence-electron chi connectivity index (χ4n) is 5.32. The Morgan fingerprint density at radius 3 is 2.74 bits per heavy atom. The lowest BCUT2D eigenvalue weighted by Crippen LogP contribution is -2.39. The Morgan fingerprint density at radius 1 is 1.21 bits per heavy atom. The highest BCUT2D eigenvalue weighted by Crippen LogP contribution is 2.49. The van der Waals surface area contributed by atoms with E-state index >= 15 is 0 Å². The number of carbonyl (C=O) groups is 1. The van der Waals surface area contributed by atoms with Gasteiger partial charge in [-0.1, -0.05) is 6.42 Å². The lowest BCUT2D eigenvalue weighted by atomic mass is 9.78. The molecule has 0 aromatic rings. The molecule has 0 aromatic heterocycles. The molecular weight excluding hydrogens is 236 g/mol. The summed E-state index contributed by atoms with van der Waals surface area (Å²) >= 11 is 0. The third kappa shape index (κ3) is 2.10. The summed E-state index contributed by atoms with van der Waals surface area (Å²) in [6.07, 6.45) is 9.00. The number of hydrogen-bond donors (Lipinski definition) is 1. The van der Waals surface area contributed by atoms with Crippen LogP contribution in [0.3, 0.4) is 0 Å². The van der Waals surface area contributed by atoms with Crippen molar-refractivity contribution in [2.24, 2.45) is 23.2 Å². The molecule has 3 atom stereocenters. The number of fused-ring (bicyclic) bond motifs is 2. The fraction of sp³-hybridized carbons (Fsp3) is 0.938. The Labute approximate surface area is 116 Å². The van der Waals surface area contributed by atoms with Crippen molar-refractivity contribution in [1.29, 1.82) is 0 Å². The Hall–Kier alpha value is -0.570. The molecule has 2 aliphatic heterocycles. The Balaban J connectivity index is 1.40. The molecule has 4 rings (SSSR count). The Kier molecular flexibility index (Phi) is 2.87. The van der Waals surface area contributed by atoms with Crippen LogP contribution in [-0.4, -0.2) is 37.0 Å². The molecule has 1 amide bonds. The first-order valence-corrected chi connectivity index (χ1v) is 8.23. The zero-order valence-electron chi connectivity index (χ0n) is 11.9.